The summed E-state index contributed by atoms with van der Waals surface area (Å²) in [6.45, 7) is 5.38. The quantitative estimate of drug-likeness (QED) is 0.542. The van der Waals surface area contributed by atoms with Crippen LogP contribution in [0.2, 0.25) is 0 Å². The van der Waals surface area contributed by atoms with Crippen LogP contribution in [0, 0.1) is 11.8 Å². The van der Waals surface area contributed by atoms with E-state index in [-0.39, 0.29) is 6.23 Å². The third kappa shape index (κ3) is 1.66. The van der Waals surface area contributed by atoms with Crippen molar-refractivity contribution in [1.29, 1.82) is 0 Å². The summed E-state index contributed by atoms with van der Waals surface area (Å²) in [5.74, 6) is 1.38. The minimum absolute atomic E-state index is 0.239. The van der Waals surface area contributed by atoms with Crippen LogP contribution >= 0.6 is 0 Å². The van der Waals surface area contributed by atoms with Crippen molar-refractivity contribution < 1.29 is 5.11 Å². The zero-order valence-electron chi connectivity index (χ0n) is 6.09. The van der Waals surface area contributed by atoms with E-state index in [9.17, 15) is 0 Å². The number of hydrogen-bond acceptors (Lipinski definition) is 2. The molecule has 1 aliphatic heterocycles. The number of nitrogens with one attached hydrogen (secondary N) is 1. The van der Waals surface area contributed by atoms with Crippen molar-refractivity contribution in [1.82, 2.24) is 5.32 Å². The molecule has 0 saturated carbocycles. The molecule has 1 saturated heterocycles. The first-order chi connectivity index (χ1) is 4.20. The minimum Gasteiger partial charge on any atom is -0.379 e. The molecular formula is C7H15NO. The first-order valence-electron chi connectivity index (χ1n) is 3.61. The molecule has 2 atom stereocenters. The number of aliphatic hydroxyl groups excluding tert-OH is 1. The average molecular weight is 129 g/mol. The molecule has 0 radical (unpaired) electrons. The Labute approximate surface area is 56.3 Å². The van der Waals surface area contributed by atoms with Crippen LogP contribution in [0.5, 0.6) is 0 Å². The lowest BCUT2D eigenvalue weighted by Crippen LogP contribution is -2.20. The zero-order valence-corrected chi connectivity index (χ0v) is 6.09. The molecule has 0 amide bonds. The van der Waals surface area contributed by atoms with Crippen LogP contribution in [-0.2, 0) is 0 Å². The molecule has 1 heterocycles. The highest BCUT2D eigenvalue weighted by atomic mass is 16.3. The zero-order chi connectivity index (χ0) is 6.85. The van der Waals surface area contributed by atoms with Crippen LogP contribution in [-0.4, -0.2) is 17.9 Å². The Kier molecular flexibility index (Phi) is 2.09. The molecule has 0 aliphatic carbocycles. The molecule has 54 valence electrons. The van der Waals surface area contributed by atoms with Crippen LogP contribution in [0.3, 0.4) is 0 Å². The van der Waals surface area contributed by atoms with Gasteiger partial charge in [0, 0.05) is 6.54 Å². The molecule has 9 heavy (non-hydrogen) atoms. The van der Waals surface area contributed by atoms with Gasteiger partial charge in [-0.2, -0.15) is 0 Å². The molecule has 0 aromatic heterocycles. The van der Waals surface area contributed by atoms with Crippen LogP contribution in [0.25, 0.3) is 0 Å². The summed E-state index contributed by atoms with van der Waals surface area (Å²) in [4.78, 5) is 0. The van der Waals surface area contributed by atoms with Gasteiger partial charge in [0.15, 0.2) is 0 Å². The van der Waals surface area contributed by atoms with E-state index >= 15 is 0 Å². The van der Waals surface area contributed by atoms with Crippen molar-refractivity contribution in [3.05, 3.63) is 0 Å². The van der Waals surface area contributed by atoms with E-state index in [0.717, 1.165) is 13.0 Å². The van der Waals surface area contributed by atoms with Crippen molar-refractivity contribution in [2.24, 2.45) is 11.8 Å². The second kappa shape index (κ2) is 2.67. The van der Waals surface area contributed by atoms with Gasteiger partial charge < -0.3 is 5.11 Å². The molecule has 1 fully saturated rings. The van der Waals surface area contributed by atoms with E-state index in [0.29, 0.717) is 11.8 Å². The monoisotopic (exact) mass is 129 g/mol. The predicted molar refractivity (Wildman–Crippen MR) is 37.0 cm³/mol. The standard InChI is InChI=1S/C7H15NO/c1-5(2)6-3-7(9)8-4-6/h5-9H,3-4H2,1-2H3/t6-,7?/m0/s1. The number of hydrogen-bond donors (Lipinski definition) is 2. The van der Waals surface area contributed by atoms with Crippen LogP contribution in [0.4, 0.5) is 0 Å². The molecule has 0 aromatic rings. The van der Waals surface area contributed by atoms with Gasteiger partial charge in [0.2, 0.25) is 0 Å². The second-order valence-electron chi connectivity index (χ2n) is 3.16. The van der Waals surface area contributed by atoms with Crippen LogP contribution < -0.4 is 5.32 Å². The van der Waals surface area contributed by atoms with Crippen molar-refractivity contribution in [2.75, 3.05) is 6.54 Å². The highest BCUT2D eigenvalue weighted by Crippen LogP contribution is 2.20. The summed E-state index contributed by atoms with van der Waals surface area (Å²) in [7, 11) is 0. The molecule has 2 nitrogen and oxygen atoms in total. The van der Waals surface area contributed by atoms with E-state index in [4.69, 9.17) is 5.11 Å². The topological polar surface area (TPSA) is 32.3 Å². The van der Waals surface area contributed by atoms with Crippen LogP contribution in [0.1, 0.15) is 20.3 Å². The lowest BCUT2D eigenvalue weighted by Gasteiger charge is -2.10. The van der Waals surface area contributed by atoms with Crippen molar-refractivity contribution in [2.45, 2.75) is 26.5 Å². The van der Waals surface area contributed by atoms with E-state index in [1.165, 1.54) is 0 Å². The predicted octanol–water partition coefficient (Wildman–Crippen LogP) is 0.570. The molecule has 0 spiro atoms. The first kappa shape index (κ1) is 7.03. The third-order valence-electron chi connectivity index (χ3n) is 2.08. The Balaban J connectivity index is 2.30. The Hall–Kier alpha value is -0.0800. The third-order valence-corrected chi connectivity index (χ3v) is 2.08. The summed E-state index contributed by atoms with van der Waals surface area (Å²) >= 11 is 0. The van der Waals surface area contributed by atoms with E-state index in [1.54, 1.807) is 0 Å². The van der Waals surface area contributed by atoms with Crippen LogP contribution in [0.15, 0.2) is 0 Å². The highest BCUT2D eigenvalue weighted by molar-refractivity contribution is 4.76. The summed E-state index contributed by atoms with van der Waals surface area (Å²) < 4.78 is 0. The smallest absolute Gasteiger partial charge is 0.105 e. The van der Waals surface area contributed by atoms with Crippen molar-refractivity contribution in [3.63, 3.8) is 0 Å². The second-order valence-corrected chi connectivity index (χ2v) is 3.16. The van der Waals surface area contributed by atoms with Gasteiger partial charge >= 0.3 is 0 Å². The van der Waals surface area contributed by atoms with Gasteiger partial charge in [0.1, 0.15) is 6.23 Å². The fraction of sp³-hybridized carbons (Fsp3) is 1.00. The Morgan fingerprint density at radius 1 is 1.56 bits per heavy atom. The SMILES string of the molecule is CC(C)[C@@H]1CNC(O)C1. The maximum absolute atomic E-state index is 9.04. The highest BCUT2D eigenvalue weighted by Gasteiger charge is 2.23. The van der Waals surface area contributed by atoms with E-state index < -0.39 is 0 Å². The Morgan fingerprint density at radius 3 is 2.44 bits per heavy atom. The summed E-state index contributed by atoms with van der Waals surface area (Å²) in [5, 5.41) is 12.0. The molecule has 0 aromatic carbocycles. The molecule has 1 rings (SSSR count). The van der Waals surface area contributed by atoms with Crippen molar-refractivity contribution >= 4 is 0 Å². The van der Waals surface area contributed by atoms with E-state index in [1.807, 2.05) is 0 Å². The van der Waals surface area contributed by atoms with Gasteiger partial charge in [-0.05, 0) is 18.3 Å². The molecule has 1 unspecified atom stereocenters. The summed E-state index contributed by atoms with van der Waals surface area (Å²) in [6, 6.07) is 0. The Bertz CT molecular complexity index is 92.9. The fourth-order valence-corrected chi connectivity index (χ4v) is 1.25. The maximum Gasteiger partial charge on any atom is 0.105 e. The maximum atomic E-state index is 9.04. The van der Waals surface area contributed by atoms with Crippen molar-refractivity contribution in [3.8, 4) is 0 Å². The Morgan fingerprint density at radius 2 is 2.22 bits per heavy atom. The summed E-state index contributed by atoms with van der Waals surface area (Å²) in [6.07, 6.45) is 0.690. The minimum atomic E-state index is -0.239. The first-order valence-corrected chi connectivity index (χ1v) is 3.61. The van der Waals surface area contributed by atoms with Gasteiger partial charge in [-0.25, -0.2) is 0 Å². The normalized spacial score (nSPS) is 36.0. The summed E-state index contributed by atoms with van der Waals surface area (Å²) in [5.41, 5.74) is 0. The fourth-order valence-electron chi connectivity index (χ4n) is 1.25. The lowest BCUT2D eigenvalue weighted by molar-refractivity contribution is 0.153. The van der Waals surface area contributed by atoms with Gasteiger partial charge in [-0.1, -0.05) is 13.8 Å². The molecule has 0 bridgehead atoms. The van der Waals surface area contributed by atoms with Gasteiger partial charge in [-0.15, -0.1) is 0 Å². The molecular weight excluding hydrogens is 114 g/mol. The van der Waals surface area contributed by atoms with Gasteiger partial charge in [0.05, 0.1) is 0 Å². The molecule has 2 N–H and O–H groups in total. The lowest BCUT2D eigenvalue weighted by atomic mass is 9.95. The number of rotatable bonds is 1. The molecule has 2 heteroatoms. The van der Waals surface area contributed by atoms with Gasteiger partial charge in [-0.3, -0.25) is 5.32 Å². The largest absolute Gasteiger partial charge is 0.379 e. The molecule has 1 aliphatic rings. The van der Waals surface area contributed by atoms with Gasteiger partial charge in [0.25, 0.3) is 0 Å². The van der Waals surface area contributed by atoms with E-state index in [2.05, 4.69) is 19.2 Å². The average Bonchev–Trinajstić information content (AvgIpc) is 2.14. The number of aliphatic hydroxyl groups is 1.